The fraction of sp³-hybridized carbons (Fsp3) is 0.350. The van der Waals surface area contributed by atoms with Crippen LogP contribution in [0.4, 0.5) is 0 Å². The first-order chi connectivity index (χ1) is 13.4. The molecule has 0 saturated heterocycles. The molecule has 2 aromatic heterocycles. The number of hydrogen-bond donors (Lipinski definition) is 0. The third kappa shape index (κ3) is 3.33. The monoisotopic (exact) mass is 379 g/mol. The summed E-state index contributed by atoms with van der Waals surface area (Å²) < 4.78 is 6.83. The van der Waals surface area contributed by atoms with Crippen LogP contribution in [0.15, 0.2) is 30.3 Å². The van der Waals surface area contributed by atoms with Crippen molar-refractivity contribution in [1.29, 1.82) is 0 Å². The van der Waals surface area contributed by atoms with Crippen molar-refractivity contribution in [2.24, 2.45) is 0 Å². The minimum atomic E-state index is -0.917. The molecule has 1 atom stereocenters. The molecule has 4 rings (SSSR count). The van der Waals surface area contributed by atoms with Crippen LogP contribution in [0.3, 0.4) is 0 Å². The number of aryl methyl sites for hydroxylation is 2. The van der Waals surface area contributed by atoms with E-state index in [9.17, 15) is 9.59 Å². The van der Waals surface area contributed by atoms with Crippen molar-refractivity contribution in [2.45, 2.75) is 39.8 Å². The zero-order chi connectivity index (χ0) is 19.8. The Balaban J connectivity index is 1.46. The van der Waals surface area contributed by atoms with Crippen molar-refractivity contribution >= 4 is 17.7 Å². The van der Waals surface area contributed by atoms with Crippen LogP contribution in [-0.2, 0) is 22.5 Å². The smallest absolute Gasteiger partial charge is 0.379 e. The molecule has 8 nitrogen and oxygen atoms in total. The van der Waals surface area contributed by atoms with E-state index in [2.05, 4.69) is 21.1 Å². The summed E-state index contributed by atoms with van der Waals surface area (Å²) in [5.41, 5.74) is 3.97. The van der Waals surface area contributed by atoms with Gasteiger partial charge in [-0.25, -0.2) is 14.3 Å². The molecule has 0 radical (unpaired) electrons. The largest absolute Gasteiger partial charge is 0.447 e. The topological polar surface area (TPSA) is 89.7 Å². The Kier molecular flexibility index (Phi) is 4.54. The Morgan fingerprint density at radius 3 is 2.68 bits per heavy atom. The van der Waals surface area contributed by atoms with Crippen LogP contribution >= 0.6 is 0 Å². The van der Waals surface area contributed by atoms with Crippen molar-refractivity contribution in [2.75, 3.05) is 6.54 Å². The lowest BCUT2D eigenvalue weighted by molar-refractivity contribution is -0.140. The minimum Gasteiger partial charge on any atom is -0.447 e. The Hall–Kier alpha value is -3.29. The molecule has 28 heavy (non-hydrogen) atoms. The van der Waals surface area contributed by atoms with Gasteiger partial charge >= 0.3 is 5.97 Å². The highest BCUT2D eigenvalue weighted by Gasteiger charge is 2.28. The normalized spacial score (nSPS) is 14.6. The highest BCUT2D eigenvalue weighted by molar-refractivity contribution is 5.89. The van der Waals surface area contributed by atoms with E-state index in [1.54, 1.807) is 11.8 Å². The maximum atomic E-state index is 12.7. The van der Waals surface area contributed by atoms with Gasteiger partial charge in [-0.15, -0.1) is 5.10 Å². The lowest BCUT2D eigenvalue weighted by atomic mass is 9.99. The van der Waals surface area contributed by atoms with Crippen molar-refractivity contribution in [3.8, 4) is 0 Å². The second-order valence-corrected chi connectivity index (χ2v) is 7.01. The number of benzene rings is 1. The van der Waals surface area contributed by atoms with Gasteiger partial charge in [-0.05, 0) is 44.4 Å². The molecule has 1 aliphatic rings. The van der Waals surface area contributed by atoms with E-state index in [0.717, 1.165) is 23.4 Å². The number of carbonyl (C=O) groups is 2. The molecule has 1 aliphatic heterocycles. The van der Waals surface area contributed by atoms with E-state index in [-0.39, 0.29) is 11.7 Å². The molecule has 144 valence electrons. The third-order valence-corrected chi connectivity index (χ3v) is 4.87. The van der Waals surface area contributed by atoms with E-state index in [4.69, 9.17) is 4.74 Å². The molecular weight excluding hydrogens is 358 g/mol. The van der Waals surface area contributed by atoms with Crippen LogP contribution in [0, 0.1) is 13.8 Å². The Morgan fingerprint density at radius 2 is 1.89 bits per heavy atom. The third-order valence-electron chi connectivity index (χ3n) is 4.87. The number of fused-ring (bicyclic) bond motifs is 2. The molecule has 0 saturated carbocycles. The fourth-order valence-electron chi connectivity index (χ4n) is 3.46. The van der Waals surface area contributed by atoms with Crippen LogP contribution < -0.4 is 0 Å². The first-order valence-corrected chi connectivity index (χ1v) is 9.20. The molecule has 0 aliphatic carbocycles. The summed E-state index contributed by atoms with van der Waals surface area (Å²) in [6.45, 7) is 6.39. The van der Waals surface area contributed by atoms with Crippen LogP contribution in [0.5, 0.6) is 0 Å². The molecule has 0 unspecified atom stereocenters. The standard InChI is InChI=1S/C20H21N5O3/c1-12-10-13(2)25-20(21-12)22-17(23-25)19(27)28-14(3)18(26)24-9-8-15-6-4-5-7-16(15)11-24/h4-7,10,14H,8-9,11H2,1-3H3/t14-/m1/s1. The molecule has 0 bridgehead atoms. The van der Waals surface area contributed by atoms with E-state index in [0.29, 0.717) is 18.9 Å². The van der Waals surface area contributed by atoms with Gasteiger partial charge in [0.25, 0.3) is 17.5 Å². The number of carbonyl (C=O) groups excluding carboxylic acids is 2. The number of nitrogens with zero attached hydrogens (tertiary/aromatic N) is 5. The number of amides is 1. The Labute approximate surface area is 162 Å². The predicted octanol–water partition coefficient (Wildman–Crippen LogP) is 1.87. The zero-order valence-electron chi connectivity index (χ0n) is 16.0. The molecule has 0 fully saturated rings. The highest BCUT2D eigenvalue weighted by Crippen LogP contribution is 2.19. The second-order valence-electron chi connectivity index (χ2n) is 7.01. The Bertz CT molecular complexity index is 1070. The maximum absolute atomic E-state index is 12.7. The van der Waals surface area contributed by atoms with Gasteiger partial charge in [0.15, 0.2) is 6.10 Å². The van der Waals surface area contributed by atoms with Gasteiger partial charge in [0, 0.05) is 24.5 Å². The van der Waals surface area contributed by atoms with Gasteiger partial charge in [0.2, 0.25) is 0 Å². The summed E-state index contributed by atoms with van der Waals surface area (Å²) in [7, 11) is 0. The van der Waals surface area contributed by atoms with Crippen LogP contribution in [-0.4, -0.2) is 49.0 Å². The average molecular weight is 379 g/mol. The number of ether oxygens (including phenoxy) is 1. The highest BCUT2D eigenvalue weighted by atomic mass is 16.5. The van der Waals surface area contributed by atoms with E-state index in [1.807, 2.05) is 38.1 Å². The minimum absolute atomic E-state index is 0.107. The van der Waals surface area contributed by atoms with E-state index < -0.39 is 12.1 Å². The van der Waals surface area contributed by atoms with Crippen LogP contribution in [0.25, 0.3) is 5.78 Å². The summed E-state index contributed by atoms with van der Waals surface area (Å²) in [6, 6.07) is 9.90. The lowest BCUT2D eigenvalue weighted by Gasteiger charge is -2.30. The zero-order valence-corrected chi connectivity index (χ0v) is 16.0. The summed E-state index contributed by atoms with van der Waals surface area (Å²) in [6.07, 6.45) is -0.124. The van der Waals surface area contributed by atoms with Crippen LogP contribution in [0.1, 0.15) is 40.1 Å². The van der Waals surface area contributed by atoms with E-state index in [1.165, 1.54) is 10.1 Å². The summed E-state index contributed by atoms with van der Waals surface area (Å²) >= 11 is 0. The van der Waals surface area contributed by atoms with Gasteiger partial charge in [0.05, 0.1) is 0 Å². The lowest BCUT2D eigenvalue weighted by Crippen LogP contribution is -2.42. The molecule has 0 N–H and O–H groups in total. The Morgan fingerprint density at radius 1 is 1.14 bits per heavy atom. The van der Waals surface area contributed by atoms with Gasteiger partial charge in [-0.3, -0.25) is 4.79 Å². The molecule has 1 aromatic carbocycles. The summed E-state index contributed by atoms with van der Waals surface area (Å²) in [5.74, 6) is -0.738. The molecule has 0 spiro atoms. The van der Waals surface area contributed by atoms with Gasteiger partial charge in [-0.1, -0.05) is 24.3 Å². The van der Waals surface area contributed by atoms with Gasteiger partial charge in [-0.2, -0.15) is 4.98 Å². The quantitative estimate of drug-likeness (QED) is 0.646. The van der Waals surface area contributed by atoms with Crippen LogP contribution in [0.2, 0.25) is 0 Å². The van der Waals surface area contributed by atoms with Crippen molar-refractivity contribution in [3.63, 3.8) is 0 Å². The van der Waals surface area contributed by atoms with Crippen molar-refractivity contribution in [3.05, 3.63) is 58.7 Å². The number of hydrogen-bond acceptors (Lipinski definition) is 6. The van der Waals surface area contributed by atoms with Gasteiger partial charge in [0.1, 0.15) is 0 Å². The van der Waals surface area contributed by atoms with Crippen molar-refractivity contribution < 1.29 is 14.3 Å². The first kappa shape index (κ1) is 18.1. The fourth-order valence-corrected chi connectivity index (χ4v) is 3.46. The summed E-state index contributed by atoms with van der Waals surface area (Å²) in [5, 5.41) is 4.15. The predicted molar refractivity (Wildman–Crippen MR) is 101 cm³/mol. The van der Waals surface area contributed by atoms with E-state index >= 15 is 0 Å². The SMILES string of the molecule is Cc1cc(C)n2nc(C(=O)O[C@H](C)C(=O)N3CCc4ccccc4C3)nc2n1. The average Bonchev–Trinajstić information content (AvgIpc) is 3.11. The molecule has 3 aromatic rings. The molecule has 3 heterocycles. The maximum Gasteiger partial charge on any atom is 0.379 e. The summed E-state index contributed by atoms with van der Waals surface area (Å²) in [4.78, 5) is 35.3. The second kappa shape index (κ2) is 7.03. The number of rotatable bonds is 3. The molecule has 8 heteroatoms. The number of aromatic nitrogens is 4. The van der Waals surface area contributed by atoms with Gasteiger partial charge < -0.3 is 9.64 Å². The first-order valence-electron chi connectivity index (χ1n) is 9.20. The molecule has 1 amide bonds. The molecular formula is C20H21N5O3. The number of esters is 1. The van der Waals surface area contributed by atoms with Crippen molar-refractivity contribution in [1.82, 2.24) is 24.5 Å².